The number of nitrogens with two attached hydrogens (primary N) is 1. The minimum Gasteiger partial charge on any atom is -0.329 e. The lowest BCUT2D eigenvalue weighted by atomic mass is 10.0. The van der Waals surface area contributed by atoms with Gasteiger partial charge in [-0.25, -0.2) is 4.98 Å². The van der Waals surface area contributed by atoms with E-state index in [-0.39, 0.29) is 6.04 Å². The predicted molar refractivity (Wildman–Crippen MR) is 126 cm³/mol. The smallest absolute Gasteiger partial charge is 0.329 e. The maximum absolute atomic E-state index is 12.7. The maximum atomic E-state index is 12.7. The Hall–Kier alpha value is -1.95. The molecule has 1 atom stereocenters. The summed E-state index contributed by atoms with van der Waals surface area (Å²) < 4.78 is 39.7. The van der Waals surface area contributed by atoms with Crippen molar-refractivity contribution >= 4 is 60.5 Å². The number of hydrogen-bond acceptors (Lipinski definition) is 6. The molecule has 0 radical (unpaired) electrons. The van der Waals surface area contributed by atoms with Gasteiger partial charge in [0, 0.05) is 24.5 Å². The van der Waals surface area contributed by atoms with Crippen molar-refractivity contribution < 1.29 is 13.2 Å². The molecule has 164 valence electrons. The first-order chi connectivity index (χ1) is 14.7. The van der Waals surface area contributed by atoms with Gasteiger partial charge in [-0.2, -0.15) is 13.2 Å². The Balaban J connectivity index is 1.57. The van der Waals surface area contributed by atoms with E-state index in [2.05, 4.69) is 36.2 Å². The van der Waals surface area contributed by atoms with Gasteiger partial charge in [-0.3, -0.25) is 9.98 Å². The number of hydrogen-bond donors (Lipinski definition) is 2. The number of aliphatic imine (C=N–C) groups is 1. The van der Waals surface area contributed by atoms with Gasteiger partial charge in [0.2, 0.25) is 0 Å². The summed E-state index contributed by atoms with van der Waals surface area (Å²) in [7, 11) is 0. The van der Waals surface area contributed by atoms with E-state index in [4.69, 9.17) is 5.73 Å². The molecule has 0 fully saturated rings. The summed E-state index contributed by atoms with van der Waals surface area (Å²) in [5.41, 5.74) is 7.08. The quantitative estimate of drug-likeness (QED) is 0.258. The Bertz CT molecular complexity index is 1050. The van der Waals surface area contributed by atoms with Crippen LogP contribution in [-0.4, -0.2) is 34.0 Å². The van der Waals surface area contributed by atoms with E-state index in [9.17, 15) is 13.2 Å². The van der Waals surface area contributed by atoms with Crippen LogP contribution in [0, 0.1) is 0 Å². The zero-order valence-electron chi connectivity index (χ0n) is 16.4. The summed E-state index contributed by atoms with van der Waals surface area (Å²) in [5, 5.41) is 4.65. The SMILES string of the molecule is CSC(=NC[C@@H](N)Cc1ccc(C(F)(F)F)cc1)N/C(Br)=C/c1nc2ccncc2s1. The van der Waals surface area contributed by atoms with E-state index in [0.29, 0.717) is 22.7 Å². The van der Waals surface area contributed by atoms with E-state index in [1.807, 2.05) is 18.4 Å². The number of halogens is 4. The van der Waals surface area contributed by atoms with Crippen LogP contribution in [0.25, 0.3) is 16.3 Å². The molecule has 3 N–H and O–H groups in total. The Labute approximate surface area is 194 Å². The van der Waals surface area contributed by atoms with Gasteiger partial charge in [-0.15, -0.1) is 11.3 Å². The number of nitrogens with zero attached hydrogens (tertiary/aromatic N) is 3. The highest BCUT2D eigenvalue weighted by molar-refractivity contribution is 9.11. The second kappa shape index (κ2) is 10.6. The molecule has 2 heterocycles. The third-order valence-electron chi connectivity index (χ3n) is 4.13. The number of nitrogens with one attached hydrogen (secondary N) is 1. The van der Waals surface area contributed by atoms with E-state index in [1.54, 1.807) is 12.4 Å². The number of fused-ring (bicyclic) bond motifs is 1. The van der Waals surface area contributed by atoms with Crippen molar-refractivity contribution in [2.45, 2.75) is 18.6 Å². The van der Waals surface area contributed by atoms with Crippen molar-refractivity contribution in [3.05, 3.63) is 63.5 Å². The highest BCUT2D eigenvalue weighted by Gasteiger charge is 2.29. The van der Waals surface area contributed by atoms with Crippen molar-refractivity contribution in [1.29, 1.82) is 0 Å². The Kier molecular flexibility index (Phi) is 8.09. The number of pyridine rings is 1. The summed E-state index contributed by atoms with van der Waals surface area (Å²) in [5.74, 6) is 0. The van der Waals surface area contributed by atoms with Crippen molar-refractivity contribution in [3.8, 4) is 0 Å². The van der Waals surface area contributed by atoms with Crippen LogP contribution in [0.4, 0.5) is 13.2 Å². The van der Waals surface area contributed by atoms with Gasteiger partial charge in [0.05, 0.1) is 26.9 Å². The van der Waals surface area contributed by atoms with Crippen molar-refractivity contribution in [2.75, 3.05) is 12.8 Å². The molecule has 3 aromatic rings. The summed E-state index contributed by atoms with van der Waals surface area (Å²) in [6.45, 7) is 0.331. The summed E-state index contributed by atoms with van der Waals surface area (Å²) in [4.78, 5) is 13.1. The molecule has 0 bridgehead atoms. The van der Waals surface area contributed by atoms with Crippen LogP contribution in [0.1, 0.15) is 16.1 Å². The number of amidine groups is 1. The van der Waals surface area contributed by atoms with Gasteiger partial charge in [-0.1, -0.05) is 23.9 Å². The number of benzene rings is 1. The average molecular weight is 530 g/mol. The first kappa shape index (κ1) is 23.7. The number of thiazole rings is 1. The van der Waals surface area contributed by atoms with Crippen LogP contribution in [0.3, 0.4) is 0 Å². The monoisotopic (exact) mass is 529 g/mol. The van der Waals surface area contributed by atoms with E-state index in [1.165, 1.54) is 35.2 Å². The number of rotatable bonds is 6. The van der Waals surface area contributed by atoms with Gasteiger partial charge in [0.1, 0.15) is 5.01 Å². The van der Waals surface area contributed by atoms with Crippen LogP contribution in [0.15, 0.2) is 52.3 Å². The fourth-order valence-electron chi connectivity index (χ4n) is 2.66. The van der Waals surface area contributed by atoms with Gasteiger partial charge in [0.15, 0.2) is 5.17 Å². The predicted octanol–water partition coefficient (Wildman–Crippen LogP) is 5.28. The fraction of sp³-hybridized carbons (Fsp3) is 0.250. The first-order valence-corrected chi connectivity index (χ1v) is 11.9. The van der Waals surface area contributed by atoms with Crippen LogP contribution in [0.2, 0.25) is 0 Å². The lowest BCUT2D eigenvalue weighted by molar-refractivity contribution is -0.137. The van der Waals surface area contributed by atoms with Gasteiger partial charge < -0.3 is 11.1 Å². The van der Waals surface area contributed by atoms with Crippen LogP contribution in [-0.2, 0) is 12.6 Å². The molecule has 0 saturated heterocycles. The molecule has 3 rings (SSSR count). The standard InChI is InChI=1S/C20H19BrF3N5S2/c1-30-19(29-17(21)9-18-28-15-6-7-26-11-16(15)31-18)27-10-14(25)8-12-2-4-13(5-3-12)20(22,23)24/h2-7,9,11,14H,8,10,25H2,1H3,(H,27,29)/b17-9+/t14-/m0/s1. The van der Waals surface area contributed by atoms with Crippen molar-refractivity contribution in [1.82, 2.24) is 15.3 Å². The normalized spacial score (nSPS) is 14.1. The first-order valence-electron chi connectivity index (χ1n) is 9.09. The van der Waals surface area contributed by atoms with Crippen LogP contribution >= 0.6 is 39.0 Å². The summed E-state index contributed by atoms with van der Waals surface area (Å²) in [6.07, 6.45) is 3.32. The third kappa shape index (κ3) is 7.03. The third-order valence-corrected chi connectivity index (χ3v) is 6.12. The molecule has 0 aliphatic heterocycles. The summed E-state index contributed by atoms with van der Waals surface area (Å²) in [6, 6.07) is 6.58. The zero-order valence-corrected chi connectivity index (χ0v) is 19.6. The minimum atomic E-state index is -4.34. The fourth-order valence-corrected chi connectivity index (χ4v) is 4.64. The largest absolute Gasteiger partial charge is 0.416 e. The Morgan fingerprint density at radius 1 is 1.32 bits per heavy atom. The van der Waals surface area contributed by atoms with Gasteiger partial charge >= 0.3 is 6.18 Å². The molecule has 0 saturated carbocycles. The molecule has 0 aliphatic rings. The number of aromatic nitrogens is 2. The summed E-state index contributed by atoms with van der Waals surface area (Å²) >= 11 is 6.43. The number of thioether (sulfide) groups is 1. The lowest BCUT2D eigenvalue weighted by Gasteiger charge is -2.12. The second-order valence-electron chi connectivity index (χ2n) is 6.52. The second-order valence-corrected chi connectivity index (χ2v) is 9.23. The highest BCUT2D eigenvalue weighted by Crippen LogP contribution is 2.29. The van der Waals surface area contributed by atoms with E-state index in [0.717, 1.165) is 32.9 Å². The molecule has 0 unspecified atom stereocenters. The molecule has 5 nitrogen and oxygen atoms in total. The Morgan fingerprint density at radius 3 is 2.71 bits per heavy atom. The Morgan fingerprint density at radius 2 is 2.06 bits per heavy atom. The number of alkyl halides is 3. The average Bonchev–Trinajstić information content (AvgIpc) is 3.13. The molecule has 0 amide bonds. The molecule has 0 aliphatic carbocycles. The molecular weight excluding hydrogens is 511 g/mol. The molecule has 11 heteroatoms. The lowest BCUT2D eigenvalue weighted by Crippen LogP contribution is -2.28. The zero-order chi connectivity index (χ0) is 22.4. The topological polar surface area (TPSA) is 76.2 Å². The van der Waals surface area contributed by atoms with E-state index >= 15 is 0 Å². The van der Waals surface area contributed by atoms with Crippen LogP contribution < -0.4 is 11.1 Å². The van der Waals surface area contributed by atoms with Gasteiger partial charge in [0.25, 0.3) is 0 Å². The molecule has 2 aromatic heterocycles. The maximum Gasteiger partial charge on any atom is 0.416 e. The molecule has 31 heavy (non-hydrogen) atoms. The highest BCUT2D eigenvalue weighted by atomic mass is 79.9. The minimum absolute atomic E-state index is 0.319. The van der Waals surface area contributed by atoms with Gasteiger partial charge in [-0.05, 0) is 52.4 Å². The van der Waals surface area contributed by atoms with E-state index < -0.39 is 11.7 Å². The molecule has 0 spiro atoms. The molecule has 1 aromatic carbocycles. The van der Waals surface area contributed by atoms with Crippen molar-refractivity contribution in [3.63, 3.8) is 0 Å². The van der Waals surface area contributed by atoms with Crippen LogP contribution in [0.5, 0.6) is 0 Å². The van der Waals surface area contributed by atoms with Crippen molar-refractivity contribution in [2.24, 2.45) is 10.7 Å². The molecular formula is C20H19BrF3N5S2.